The van der Waals surface area contributed by atoms with Gasteiger partial charge in [0.25, 0.3) is 8.32 Å². The smallest absolute Gasteiger partial charge is 0.305 e. The standard InChI is InChI=1S/C18H24BrN3O5SSi/c1-18(2,3)29(4,5)27-12-7-6-11(23)10(15(12)19)9-20-22-17-21-16(26)13(28-17)8-14(24)25/h6-7,9,13,23H,8H2,1-5H3,(H,24,25)(H,21,22,26). The van der Waals surface area contributed by atoms with E-state index in [1.165, 1.54) is 12.3 Å². The lowest BCUT2D eigenvalue weighted by molar-refractivity contribution is -0.138. The third-order valence-corrected chi connectivity index (χ3v) is 11.0. The van der Waals surface area contributed by atoms with Gasteiger partial charge in [-0.05, 0) is 46.2 Å². The van der Waals surface area contributed by atoms with Crippen molar-refractivity contribution in [2.24, 2.45) is 10.2 Å². The highest BCUT2D eigenvalue weighted by atomic mass is 79.9. The van der Waals surface area contributed by atoms with E-state index < -0.39 is 25.4 Å². The minimum absolute atomic E-state index is 0.00438. The van der Waals surface area contributed by atoms with Crippen molar-refractivity contribution in [3.63, 3.8) is 0 Å². The van der Waals surface area contributed by atoms with Gasteiger partial charge in [0.2, 0.25) is 5.91 Å². The number of hydrogen-bond donors (Lipinski definition) is 3. The third-order valence-electron chi connectivity index (χ3n) is 4.76. The maximum Gasteiger partial charge on any atom is 0.305 e. The Labute approximate surface area is 183 Å². The summed E-state index contributed by atoms with van der Waals surface area (Å²) in [7, 11) is -2.08. The second-order valence-electron chi connectivity index (χ2n) is 8.02. The third kappa shape index (κ3) is 5.83. The summed E-state index contributed by atoms with van der Waals surface area (Å²) in [4.78, 5) is 22.5. The Hall–Kier alpha value is -1.85. The van der Waals surface area contributed by atoms with Gasteiger partial charge in [-0.2, -0.15) is 5.10 Å². The van der Waals surface area contributed by atoms with Crippen LogP contribution in [0.4, 0.5) is 0 Å². The van der Waals surface area contributed by atoms with Gasteiger partial charge < -0.3 is 20.0 Å². The minimum Gasteiger partial charge on any atom is -0.543 e. The number of carbonyl (C=O) groups excluding carboxylic acids is 1. The number of halogens is 1. The molecule has 2 rings (SSSR count). The number of carbonyl (C=O) groups is 2. The predicted octanol–water partition coefficient (Wildman–Crippen LogP) is 3.93. The number of thioether (sulfide) groups is 1. The highest BCUT2D eigenvalue weighted by molar-refractivity contribution is 9.10. The molecule has 0 bridgehead atoms. The first-order valence-corrected chi connectivity index (χ1v) is 13.4. The molecule has 0 aliphatic carbocycles. The van der Waals surface area contributed by atoms with Crippen LogP contribution < -0.4 is 9.74 Å². The van der Waals surface area contributed by atoms with E-state index in [9.17, 15) is 14.7 Å². The second-order valence-corrected chi connectivity index (χ2v) is 14.7. The van der Waals surface area contributed by atoms with E-state index in [0.717, 1.165) is 11.8 Å². The van der Waals surface area contributed by atoms with Crippen molar-refractivity contribution >= 4 is 59.3 Å². The van der Waals surface area contributed by atoms with Crippen molar-refractivity contribution in [2.75, 3.05) is 0 Å². The summed E-state index contributed by atoms with van der Waals surface area (Å²) in [6.07, 6.45) is 1.06. The Morgan fingerprint density at radius 1 is 1.41 bits per heavy atom. The molecule has 1 fully saturated rings. The molecule has 158 valence electrons. The van der Waals surface area contributed by atoms with Crippen molar-refractivity contribution in [3.05, 3.63) is 22.2 Å². The van der Waals surface area contributed by atoms with Crippen LogP contribution in [-0.4, -0.2) is 47.0 Å². The lowest BCUT2D eigenvalue weighted by Crippen LogP contribution is -2.44. The number of carboxylic acid groups (broad SMARTS) is 1. The molecule has 1 aromatic carbocycles. The van der Waals surface area contributed by atoms with Crippen LogP contribution in [0.3, 0.4) is 0 Å². The Bertz CT molecular complexity index is 883. The van der Waals surface area contributed by atoms with Crippen LogP contribution in [0.2, 0.25) is 18.1 Å². The molecule has 0 radical (unpaired) electrons. The van der Waals surface area contributed by atoms with Crippen molar-refractivity contribution < 1.29 is 24.2 Å². The predicted molar refractivity (Wildman–Crippen MR) is 120 cm³/mol. The molecule has 1 saturated heterocycles. The largest absolute Gasteiger partial charge is 0.543 e. The van der Waals surface area contributed by atoms with Crippen molar-refractivity contribution in [3.8, 4) is 11.5 Å². The molecule has 1 heterocycles. The summed E-state index contributed by atoms with van der Waals surface area (Å²) in [5.74, 6) is -0.876. The number of amidine groups is 1. The van der Waals surface area contributed by atoms with Gasteiger partial charge in [0, 0.05) is 0 Å². The van der Waals surface area contributed by atoms with Crippen LogP contribution in [0.25, 0.3) is 0 Å². The molecule has 0 saturated carbocycles. The Morgan fingerprint density at radius 2 is 2.07 bits per heavy atom. The molecule has 1 aromatic rings. The summed E-state index contributed by atoms with van der Waals surface area (Å²) < 4.78 is 6.86. The van der Waals surface area contributed by atoms with E-state index >= 15 is 0 Å². The number of hydrogen-bond acceptors (Lipinski definition) is 7. The zero-order valence-corrected chi connectivity index (χ0v) is 20.2. The Morgan fingerprint density at radius 3 is 2.66 bits per heavy atom. The van der Waals surface area contributed by atoms with Crippen molar-refractivity contribution in [2.45, 2.75) is 50.6 Å². The molecule has 0 spiro atoms. The van der Waals surface area contributed by atoms with Crippen LogP contribution in [0.5, 0.6) is 11.5 Å². The first-order chi connectivity index (χ1) is 13.3. The fraction of sp³-hybridized carbons (Fsp3) is 0.444. The van der Waals surface area contributed by atoms with Gasteiger partial charge in [-0.15, -0.1) is 5.10 Å². The lowest BCUT2D eigenvalue weighted by Gasteiger charge is -2.36. The number of phenolic OH excluding ortho intramolecular Hbond substituents is 1. The number of phenols is 1. The van der Waals surface area contributed by atoms with Crippen molar-refractivity contribution in [1.82, 2.24) is 5.32 Å². The number of aromatic hydroxyl groups is 1. The first-order valence-electron chi connectivity index (χ1n) is 8.82. The molecule has 29 heavy (non-hydrogen) atoms. The average Bonchev–Trinajstić information content (AvgIpc) is 2.91. The summed E-state index contributed by atoms with van der Waals surface area (Å²) in [6, 6.07) is 3.23. The molecule has 11 heteroatoms. The quantitative estimate of drug-likeness (QED) is 0.308. The molecule has 1 amide bonds. The van der Waals surface area contributed by atoms with E-state index in [1.807, 2.05) is 0 Å². The van der Waals surface area contributed by atoms with Crippen LogP contribution in [0, 0.1) is 0 Å². The lowest BCUT2D eigenvalue weighted by atomic mass is 10.2. The van der Waals surface area contributed by atoms with E-state index in [2.05, 4.69) is 65.3 Å². The molecule has 0 aromatic heterocycles. The van der Waals surface area contributed by atoms with E-state index in [1.54, 1.807) is 6.07 Å². The molecule has 1 aliphatic heterocycles. The number of aliphatic carboxylic acids is 1. The molecular formula is C18H24BrN3O5SSi. The molecule has 8 nitrogen and oxygen atoms in total. The topological polar surface area (TPSA) is 121 Å². The molecule has 3 N–H and O–H groups in total. The first kappa shape index (κ1) is 23.4. The summed E-state index contributed by atoms with van der Waals surface area (Å²) >= 11 is 4.47. The normalized spacial score (nSPS) is 19.0. The number of amides is 1. The number of nitrogens with one attached hydrogen (secondary N) is 1. The Balaban J connectivity index is 2.21. The summed E-state index contributed by atoms with van der Waals surface area (Å²) in [6.45, 7) is 10.7. The van der Waals surface area contributed by atoms with E-state index in [0.29, 0.717) is 15.8 Å². The van der Waals surface area contributed by atoms with E-state index in [-0.39, 0.29) is 22.4 Å². The van der Waals surface area contributed by atoms with Crippen LogP contribution >= 0.6 is 27.7 Å². The monoisotopic (exact) mass is 501 g/mol. The van der Waals surface area contributed by atoms with Gasteiger partial charge in [-0.25, -0.2) is 0 Å². The number of benzene rings is 1. The van der Waals surface area contributed by atoms with Gasteiger partial charge in [-0.3, -0.25) is 9.59 Å². The zero-order valence-electron chi connectivity index (χ0n) is 16.8. The molecule has 1 atom stereocenters. The SMILES string of the molecule is CC(C)(C)[Si](C)(C)Oc1ccc(O)c(C=NN=C2NC(=O)C(CC(=O)O)S2)c1Br. The maximum atomic E-state index is 11.7. The average molecular weight is 502 g/mol. The fourth-order valence-corrected chi connectivity index (χ4v) is 4.69. The van der Waals surface area contributed by atoms with Gasteiger partial charge >= 0.3 is 5.97 Å². The van der Waals surface area contributed by atoms with Crippen LogP contribution in [0.15, 0.2) is 26.8 Å². The molecular weight excluding hydrogens is 478 g/mol. The van der Waals surface area contributed by atoms with Gasteiger partial charge in [0.05, 0.1) is 22.7 Å². The second kappa shape index (κ2) is 8.88. The number of carboxylic acids is 1. The van der Waals surface area contributed by atoms with Gasteiger partial charge in [0.1, 0.15) is 16.7 Å². The molecule has 1 unspecified atom stereocenters. The highest BCUT2D eigenvalue weighted by Crippen LogP contribution is 2.41. The van der Waals surface area contributed by atoms with Crippen LogP contribution in [0.1, 0.15) is 32.8 Å². The zero-order chi connectivity index (χ0) is 22.0. The highest BCUT2D eigenvalue weighted by Gasteiger charge is 2.39. The summed E-state index contributed by atoms with van der Waals surface area (Å²) in [5.41, 5.74) is 0.391. The fourth-order valence-electron chi connectivity index (χ4n) is 2.08. The van der Waals surface area contributed by atoms with Crippen molar-refractivity contribution in [1.29, 1.82) is 0 Å². The Kier molecular flexibility index (Phi) is 7.17. The van der Waals surface area contributed by atoms with Gasteiger partial charge in [-0.1, -0.05) is 32.5 Å². The van der Waals surface area contributed by atoms with Gasteiger partial charge in [0.15, 0.2) is 5.17 Å². The number of rotatable bonds is 6. The summed E-state index contributed by atoms with van der Waals surface area (Å²) in [5, 5.41) is 28.8. The minimum atomic E-state index is -2.08. The molecule has 1 aliphatic rings. The number of nitrogens with zero attached hydrogens (tertiary/aromatic N) is 2. The van der Waals surface area contributed by atoms with Crippen LogP contribution in [-0.2, 0) is 9.59 Å². The van der Waals surface area contributed by atoms with E-state index in [4.69, 9.17) is 9.53 Å². The maximum absolute atomic E-state index is 11.7.